The van der Waals surface area contributed by atoms with Crippen molar-refractivity contribution in [3.63, 3.8) is 0 Å². The highest BCUT2D eigenvalue weighted by molar-refractivity contribution is 9.10. The molecule has 18 heavy (non-hydrogen) atoms. The van der Waals surface area contributed by atoms with Crippen molar-refractivity contribution in [3.8, 4) is 5.75 Å². The molecule has 0 bridgehead atoms. The largest absolute Gasteiger partial charge is 0.491 e. The van der Waals surface area contributed by atoms with E-state index >= 15 is 0 Å². The summed E-state index contributed by atoms with van der Waals surface area (Å²) in [5, 5.41) is 11.5. The van der Waals surface area contributed by atoms with E-state index in [4.69, 9.17) is 4.74 Å². The smallest absolute Gasteiger partial charge is 0.401 e. The van der Waals surface area contributed by atoms with Crippen molar-refractivity contribution in [2.75, 3.05) is 19.7 Å². The van der Waals surface area contributed by atoms with Crippen LogP contribution in [-0.2, 0) is 0 Å². The fraction of sp³-hybridized carbons (Fsp3) is 0.455. The SMILES string of the molecule is OC(CNCC(F)(F)F)COc1cccc(Br)c1. The lowest BCUT2D eigenvalue weighted by Gasteiger charge is -2.14. The van der Waals surface area contributed by atoms with Gasteiger partial charge in [-0.2, -0.15) is 13.2 Å². The molecule has 0 saturated heterocycles. The number of benzene rings is 1. The standard InChI is InChI=1S/C11H13BrF3NO2/c12-8-2-1-3-10(4-8)18-6-9(17)5-16-7-11(13,14)15/h1-4,9,16-17H,5-7H2. The number of alkyl halides is 3. The maximum Gasteiger partial charge on any atom is 0.401 e. The Morgan fingerprint density at radius 3 is 2.72 bits per heavy atom. The van der Waals surface area contributed by atoms with Gasteiger partial charge in [0.05, 0.1) is 6.54 Å². The third-order valence-corrected chi connectivity index (χ3v) is 2.44. The first-order valence-electron chi connectivity index (χ1n) is 5.21. The maximum atomic E-state index is 11.8. The molecule has 0 heterocycles. The second-order valence-corrected chi connectivity index (χ2v) is 4.58. The Kier molecular flexibility index (Phi) is 5.90. The molecule has 0 amide bonds. The molecule has 0 aliphatic carbocycles. The molecule has 0 aromatic heterocycles. The van der Waals surface area contributed by atoms with Crippen LogP contribution >= 0.6 is 15.9 Å². The van der Waals surface area contributed by atoms with Crippen LogP contribution in [0.3, 0.4) is 0 Å². The monoisotopic (exact) mass is 327 g/mol. The van der Waals surface area contributed by atoms with Crippen LogP contribution in [0.15, 0.2) is 28.7 Å². The van der Waals surface area contributed by atoms with Crippen LogP contribution in [0.25, 0.3) is 0 Å². The normalized spacial score (nSPS) is 13.4. The van der Waals surface area contributed by atoms with E-state index < -0.39 is 18.8 Å². The zero-order valence-corrected chi connectivity index (χ0v) is 11.0. The van der Waals surface area contributed by atoms with Gasteiger partial charge >= 0.3 is 6.18 Å². The first-order chi connectivity index (χ1) is 8.37. The third kappa shape index (κ3) is 6.83. The molecule has 1 aromatic rings. The molecule has 0 spiro atoms. The Morgan fingerprint density at radius 2 is 2.11 bits per heavy atom. The number of hydrogen-bond donors (Lipinski definition) is 2. The minimum Gasteiger partial charge on any atom is -0.491 e. The summed E-state index contributed by atoms with van der Waals surface area (Å²) in [7, 11) is 0. The highest BCUT2D eigenvalue weighted by atomic mass is 79.9. The van der Waals surface area contributed by atoms with Crippen molar-refractivity contribution < 1.29 is 23.0 Å². The number of aliphatic hydroxyl groups excluding tert-OH is 1. The Morgan fingerprint density at radius 1 is 1.39 bits per heavy atom. The predicted octanol–water partition coefficient (Wildman–Crippen LogP) is 2.34. The molecular formula is C11H13BrF3NO2. The lowest BCUT2D eigenvalue weighted by Crippen LogP contribution is -2.37. The van der Waals surface area contributed by atoms with Gasteiger partial charge in [-0.3, -0.25) is 0 Å². The van der Waals surface area contributed by atoms with Gasteiger partial charge in [0.1, 0.15) is 18.5 Å². The molecule has 1 unspecified atom stereocenters. The van der Waals surface area contributed by atoms with E-state index in [1.807, 2.05) is 6.07 Å². The molecule has 1 rings (SSSR count). The predicted molar refractivity (Wildman–Crippen MR) is 64.6 cm³/mol. The summed E-state index contributed by atoms with van der Waals surface area (Å²) >= 11 is 3.25. The highest BCUT2D eigenvalue weighted by Crippen LogP contribution is 2.17. The summed E-state index contributed by atoms with van der Waals surface area (Å²) < 4.78 is 41.5. The quantitative estimate of drug-likeness (QED) is 0.842. The Balaban J connectivity index is 2.23. The highest BCUT2D eigenvalue weighted by Gasteiger charge is 2.26. The molecule has 1 aromatic carbocycles. The molecule has 0 radical (unpaired) electrons. The molecule has 7 heteroatoms. The van der Waals surface area contributed by atoms with Gasteiger partial charge in [0.25, 0.3) is 0 Å². The van der Waals surface area contributed by atoms with Crippen LogP contribution in [-0.4, -0.2) is 37.1 Å². The van der Waals surface area contributed by atoms with E-state index in [0.717, 1.165) is 4.47 Å². The van der Waals surface area contributed by atoms with Gasteiger partial charge in [0, 0.05) is 11.0 Å². The van der Waals surface area contributed by atoms with E-state index in [-0.39, 0.29) is 13.2 Å². The summed E-state index contributed by atoms with van der Waals surface area (Å²) in [4.78, 5) is 0. The number of halogens is 4. The topological polar surface area (TPSA) is 41.5 Å². The molecule has 0 fully saturated rings. The number of hydrogen-bond acceptors (Lipinski definition) is 3. The van der Waals surface area contributed by atoms with Gasteiger partial charge in [-0.15, -0.1) is 0 Å². The molecule has 0 saturated carbocycles. The lowest BCUT2D eigenvalue weighted by molar-refractivity contribution is -0.125. The summed E-state index contributed by atoms with van der Waals surface area (Å²) in [5.74, 6) is 0.541. The van der Waals surface area contributed by atoms with E-state index in [1.165, 1.54) is 0 Å². The van der Waals surface area contributed by atoms with Crippen molar-refractivity contribution in [3.05, 3.63) is 28.7 Å². The average molecular weight is 328 g/mol. The zero-order valence-electron chi connectivity index (χ0n) is 9.38. The van der Waals surface area contributed by atoms with Gasteiger partial charge in [-0.05, 0) is 18.2 Å². The van der Waals surface area contributed by atoms with Crippen LogP contribution in [0, 0.1) is 0 Å². The van der Waals surface area contributed by atoms with Crippen LogP contribution in [0.1, 0.15) is 0 Å². The fourth-order valence-electron chi connectivity index (χ4n) is 1.19. The van der Waals surface area contributed by atoms with Crippen molar-refractivity contribution in [2.45, 2.75) is 12.3 Å². The minimum absolute atomic E-state index is 0.0681. The van der Waals surface area contributed by atoms with Crippen molar-refractivity contribution in [1.29, 1.82) is 0 Å². The van der Waals surface area contributed by atoms with Gasteiger partial charge in [-0.1, -0.05) is 22.0 Å². The third-order valence-electron chi connectivity index (χ3n) is 1.94. The number of rotatable bonds is 6. The summed E-state index contributed by atoms with van der Waals surface area (Å²) in [6, 6.07) is 6.97. The van der Waals surface area contributed by atoms with Crippen molar-refractivity contribution in [1.82, 2.24) is 5.32 Å². The average Bonchev–Trinajstić information content (AvgIpc) is 2.25. The number of nitrogens with one attached hydrogen (secondary N) is 1. The van der Waals surface area contributed by atoms with Gasteiger partial charge in [0.15, 0.2) is 0 Å². The zero-order chi connectivity index (χ0) is 13.6. The number of aliphatic hydroxyl groups is 1. The Hall–Kier alpha value is -0.790. The maximum absolute atomic E-state index is 11.8. The molecule has 102 valence electrons. The van der Waals surface area contributed by atoms with E-state index in [2.05, 4.69) is 21.2 Å². The van der Waals surface area contributed by atoms with Gasteiger partial charge < -0.3 is 15.2 Å². The van der Waals surface area contributed by atoms with E-state index in [0.29, 0.717) is 5.75 Å². The lowest BCUT2D eigenvalue weighted by atomic mass is 10.3. The van der Waals surface area contributed by atoms with Gasteiger partial charge in [-0.25, -0.2) is 0 Å². The van der Waals surface area contributed by atoms with Crippen LogP contribution in [0.4, 0.5) is 13.2 Å². The fourth-order valence-corrected chi connectivity index (χ4v) is 1.57. The van der Waals surface area contributed by atoms with Crippen molar-refractivity contribution >= 4 is 15.9 Å². The van der Waals surface area contributed by atoms with Crippen LogP contribution in [0.5, 0.6) is 5.75 Å². The van der Waals surface area contributed by atoms with Crippen molar-refractivity contribution in [2.24, 2.45) is 0 Å². The molecule has 1 atom stereocenters. The summed E-state index contributed by atoms with van der Waals surface area (Å²) in [6.07, 6.45) is -5.27. The second kappa shape index (κ2) is 6.96. The van der Waals surface area contributed by atoms with Gasteiger partial charge in [0.2, 0.25) is 0 Å². The Labute approximate surface area is 111 Å². The molecule has 2 N–H and O–H groups in total. The molecule has 3 nitrogen and oxygen atoms in total. The van der Waals surface area contributed by atoms with E-state index in [1.54, 1.807) is 18.2 Å². The molecular weight excluding hydrogens is 315 g/mol. The number of ether oxygens (including phenoxy) is 1. The van der Waals surface area contributed by atoms with Crippen LogP contribution < -0.4 is 10.1 Å². The summed E-state index contributed by atoms with van der Waals surface area (Å²) in [5.41, 5.74) is 0. The molecule has 0 aliphatic heterocycles. The minimum atomic E-state index is -4.27. The van der Waals surface area contributed by atoms with E-state index in [9.17, 15) is 18.3 Å². The molecule has 0 aliphatic rings. The second-order valence-electron chi connectivity index (χ2n) is 3.67. The Bertz CT molecular complexity index is 374. The first kappa shape index (κ1) is 15.3. The first-order valence-corrected chi connectivity index (χ1v) is 6.00. The summed E-state index contributed by atoms with van der Waals surface area (Å²) in [6.45, 7) is -1.37. The van der Waals surface area contributed by atoms with Crippen LogP contribution in [0.2, 0.25) is 0 Å².